The van der Waals surface area contributed by atoms with Gasteiger partial charge in [0, 0.05) is 40.8 Å². The minimum absolute atomic E-state index is 0. The summed E-state index contributed by atoms with van der Waals surface area (Å²) in [7, 11) is -1.72. The van der Waals surface area contributed by atoms with E-state index in [4.69, 9.17) is 0 Å². The predicted molar refractivity (Wildman–Crippen MR) is 57.4 cm³/mol. The van der Waals surface area contributed by atoms with E-state index in [0.29, 0.717) is 0 Å². The van der Waals surface area contributed by atoms with Crippen LogP contribution in [0.1, 0.15) is 0 Å². The maximum Gasteiger partial charge on any atom is 0 e. The monoisotopic (exact) mass is 316 g/mol. The van der Waals surface area contributed by atoms with Gasteiger partial charge in [0.15, 0.2) is 0 Å². The van der Waals surface area contributed by atoms with E-state index < -0.39 is 16.1 Å². The van der Waals surface area contributed by atoms with Crippen LogP contribution in [0.2, 0.25) is 39.3 Å². The van der Waals surface area contributed by atoms with E-state index in [1.54, 1.807) is 0 Å². The van der Waals surface area contributed by atoms with Crippen LogP contribution in [0, 0.1) is 53.9 Å². The Morgan fingerprint density at radius 1 is 0.636 bits per heavy atom. The van der Waals surface area contributed by atoms with Crippen molar-refractivity contribution in [2.24, 2.45) is 0 Å². The van der Waals surface area contributed by atoms with Gasteiger partial charge in [-0.1, -0.05) is 39.3 Å². The minimum Gasteiger partial charge on any atom is -0.342 e. The Labute approximate surface area is 108 Å². The maximum absolute atomic E-state index is 3.91. The van der Waals surface area contributed by atoms with Crippen LogP contribution in [0.5, 0.6) is 0 Å². The van der Waals surface area contributed by atoms with Crippen molar-refractivity contribution >= 4 is 16.1 Å². The van der Waals surface area contributed by atoms with Gasteiger partial charge < -0.3 is 13.1 Å². The van der Waals surface area contributed by atoms with Gasteiger partial charge in [0.25, 0.3) is 0 Å². The molecule has 0 heterocycles. The van der Waals surface area contributed by atoms with Crippen molar-refractivity contribution in [3.8, 4) is 0 Å². The van der Waals surface area contributed by atoms with Crippen LogP contribution in [0.3, 0.4) is 0 Å². The zero-order valence-electron chi connectivity index (χ0n) is 8.91. The Hall–Kier alpha value is 1.78. The Kier molecular flexibility index (Phi) is 12.2. The molecule has 0 aromatic rings. The van der Waals surface area contributed by atoms with Crippen LogP contribution in [0.15, 0.2) is 0 Å². The quantitative estimate of drug-likeness (QED) is 0.474. The van der Waals surface area contributed by atoms with Gasteiger partial charge in [-0.25, -0.2) is 0 Å². The first-order valence-electron chi connectivity index (χ1n) is 3.71. The standard InChI is InChI=1S/2C4H11Si.Nd/c2*1-5(2,3)4;/h2*1H2,2-4H3;/q2*-1;. The summed E-state index contributed by atoms with van der Waals surface area (Å²) in [6, 6.07) is 0. The van der Waals surface area contributed by atoms with E-state index >= 15 is 0 Å². The molecule has 0 atom stereocenters. The van der Waals surface area contributed by atoms with Crippen LogP contribution < -0.4 is 0 Å². The molecule has 0 aliphatic rings. The number of hydrogen-bond donors (Lipinski definition) is 0. The van der Waals surface area contributed by atoms with Gasteiger partial charge in [-0.3, -0.25) is 0 Å². The van der Waals surface area contributed by atoms with E-state index in [1.807, 2.05) is 0 Å². The average Bonchev–Trinajstić information content (AvgIpc) is 1.12. The number of rotatable bonds is 0. The summed E-state index contributed by atoms with van der Waals surface area (Å²) in [5.41, 5.74) is 0. The van der Waals surface area contributed by atoms with Crippen LogP contribution in [0.25, 0.3) is 0 Å². The summed E-state index contributed by atoms with van der Waals surface area (Å²) in [4.78, 5) is 0. The molecule has 0 amide bonds. The van der Waals surface area contributed by atoms with E-state index in [0.717, 1.165) is 0 Å². The summed E-state index contributed by atoms with van der Waals surface area (Å²) in [6.45, 7) is 21.1. The minimum atomic E-state index is -0.861. The molecule has 0 aromatic carbocycles. The second-order valence-electron chi connectivity index (χ2n) is 5.12. The fourth-order valence-corrected chi connectivity index (χ4v) is 0. The Balaban J connectivity index is -0.000000107. The van der Waals surface area contributed by atoms with Crippen molar-refractivity contribution < 1.29 is 40.8 Å². The molecule has 0 aliphatic heterocycles. The molecule has 0 rings (SSSR count). The molecule has 0 N–H and O–H groups in total. The van der Waals surface area contributed by atoms with Crippen molar-refractivity contribution in [1.29, 1.82) is 0 Å². The van der Waals surface area contributed by atoms with Crippen LogP contribution in [-0.4, -0.2) is 16.1 Å². The third kappa shape index (κ3) is 354. The smallest absolute Gasteiger partial charge is 0 e. The molecule has 0 aliphatic carbocycles. The van der Waals surface area contributed by atoms with E-state index in [-0.39, 0.29) is 40.8 Å². The van der Waals surface area contributed by atoms with E-state index in [2.05, 4.69) is 52.4 Å². The van der Waals surface area contributed by atoms with Crippen LogP contribution in [-0.2, 0) is 0 Å². The van der Waals surface area contributed by atoms with Gasteiger partial charge in [0.05, 0.1) is 0 Å². The van der Waals surface area contributed by atoms with Crippen LogP contribution in [0.4, 0.5) is 0 Å². The molecule has 68 valence electrons. The van der Waals surface area contributed by atoms with E-state index in [1.165, 1.54) is 0 Å². The second-order valence-corrected chi connectivity index (χ2v) is 15.4. The van der Waals surface area contributed by atoms with E-state index in [9.17, 15) is 0 Å². The Morgan fingerprint density at radius 2 is 0.636 bits per heavy atom. The summed E-state index contributed by atoms with van der Waals surface area (Å²) in [6.07, 6.45) is 0. The van der Waals surface area contributed by atoms with Gasteiger partial charge in [-0.15, -0.1) is 16.1 Å². The molecular weight excluding hydrogens is 296 g/mol. The maximum atomic E-state index is 3.91. The SMILES string of the molecule is [CH2-][Si](C)(C)C.[CH2-][Si](C)(C)C.[Nd]. The molecule has 0 fully saturated rings. The molecular formula is C8H22NdSi2-2. The van der Waals surface area contributed by atoms with Crippen LogP contribution >= 0.6 is 0 Å². The predicted octanol–water partition coefficient (Wildman–Crippen LogP) is 3.40. The Bertz CT molecular complexity index is 55.1. The third-order valence-electron chi connectivity index (χ3n) is 0. The average molecular weight is 319 g/mol. The van der Waals surface area contributed by atoms with Crippen molar-refractivity contribution in [1.82, 2.24) is 0 Å². The molecule has 0 radical (unpaired) electrons. The van der Waals surface area contributed by atoms with Gasteiger partial charge >= 0.3 is 0 Å². The molecule has 0 saturated carbocycles. The molecule has 0 spiro atoms. The summed E-state index contributed by atoms with van der Waals surface area (Å²) in [5, 5.41) is 0. The fraction of sp³-hybridized carbons (Fsp3) is 0.750. The van der Waals surface area contributed by atoms with Gasteiger partial charge in [-0.05, 0) is 0 Å². The summed E-state index contributed by atoms with van der Waals surface area (Å²) < 4.78 is 0. The van der Waals surface area contributed by atoms with Crippen molar-refractivity contribution in [3.05, 3.63) is 13.1 Å². The van der Waals surface area contributed by atoms with Gasteiger partial charge in [-0.2, -0.15) is 0 Å². The second kappa shape index (κ2) is 7.21. The van der Waals surface area contributed by atoms with Crippen molar-refractivity contribution in [2.75, 3.05) is 0 Å². The zero-order chi connectivity index (χ0) is 9.00. The normalized spacial score (nSPS) is 10.9. The summed E-state index contributed by atoms with van der Waals surface area (Å²) >= 11 is 0. The largest absolute Gasteiger partial charge is 0.342 e. The third-order valence-corrected chi connectivity index (χ3v) is 0. The van der Waals surface area contributed by atoms with Gasteiger partial charge in [0.1, 0.15) is 0 Å². The zero-order valence-corrected chi connectivity index (χ0v) is 14.1. The molecule has 0 saturated heterocycles. The molecule has 0 bridgehead atoms. The first-order chi connectivity index (χ1) is 4.00. The topological polar surface area (TPSA) is 0 Å². The summed E-state index contributed by atoms with van der Waals surface area (Å²) in [5.74, 6) is 0. The van der Waals surface area contributed by atoms with Crippen molar-refractivity contribution in [3.63, 3.8) is 0 Å². The molecule has 11 heavy (non-hydrogen) atoms. The Morgan fingerprint density at radius 3 is 0.636 bits per heavy atom. The molecule has 0 unspecified atom stereocenters. The number of hydrogen-bond acceptors (Lipinski definition) is 0. The molecule has 3 heteroatoms. The van der Waals surface area contributed by atoms with Gasteiger partial charge in [0.2, 0.25) is 0 Å². The fourth-order valence-electron chi connectivity index (χ4n) is 0. The first-order valence-corrected chi connectivity index (χ1v) is 11.1. The molecule has 0 aromatic heterocycles. The molecule has 0 nitrogen and oxygen atoms in total. The van der Waals surface area contributed by atoms with Crippen molar-refractivity contribution in [2.45, 2.75) is 39.3 Å². The first kappa shape index (κ1) is 18.5.